The van der Waals surface area contributed by atoms with Crippen LogP contribution in [0.2, 0.25) is 0 Å². The van der Waals surface area contributed by atoms with Crippen molar-refractivity contribution in [1.29, 1.82) is 0 Å². The fourth-order valence-corrected chi connectivity index (χ4v) is 10.3. The van der Waals surface area contributed by atoms with E-state index in [0.717, 1.165) is 38.5 Å². The van der Waals surface area contributed by atoms with E-state index in [1.807, 2.05) is 13.8 Å². The smallest absolute Gasteiger partial charge is 0.306 e. The number of carboxylic acid groups (broad SMARTS) is 1. The molecule has 0 aromatic rings. The SMILES string of the molecule is CCCCC1C2(C)CC(O[C@@H]3O[C@@H](CO)[C@@H](OSOO[O-])[C@H](OSOO[O-])C3OC(=O)CC(C)C)CC(C(=O)O)C2CCC12CCC(C)[C@@H]2O. The summed E-state index contributed by atoms with van der Waals surface area (Å²) in [6, 6.07) is 0. The van der Waals surface area contributed by atoms with Crippen molar-refractivity contribution >= 4 is 36.6 Å². The number of hydrogen-bond acceptors (Lipinski definition) is 17. The summed E-state index contributed by atoms with van der Waals surface area (Å²) < 4.78 is 38.3. The second-order valence-corrected chi connectivity index (χ2v) is 15.9. The van der Waals surface area contributed by atoms with Crippen LogP contribution in [0.1, 0.15) is 98.8 Å². The molecule has 1 spiro atoms. The van der Waals surface area contributed by atoms with Crippen LogP contribution in [-0.4, -0.2) is 76.8 Å². The molecule has 4 aliphatic rings. The van der Waals surface area contributed by atoms with Crippen LogP contribution in [0.3, 0.4) is 0 Å². The number of aliphatic hydroxyl groups excluding tert-OH is 2. The minimum atomic E-state index is -1.41. The lowest BCUT2D eigenvalue weighted by molar-refractivity contribution is -0.778. The van der Waals surface area contributed by atoms with Crippen LogP contribution < -0.4 is 10.5 Å². The quantitative estimate of drug-likeness (QED) is 0.0456. The Morgan fingerprint density at radius 1 is 1.04 bits per heavy atom. The van der Waals surface area contributed by atoms with Gasteiger partial charge < -0.3 is 40.0 Å². The van der Waals surface area contributed by atoms with Gasteiger partial charge in [0.05, 0.1) is 24.7 Å². The van der Waals surface area contributed by atoms with Crippen molar-refractivity contribution in [3.05, 3.63) is 0 Å². The third-order valence-electron chi connectivity index (χ3n) is 11.6. The van der Waals surface area contributed by atoms with E-state index in [0.29, 0.717) is 12.8 Å². The van der Waals surface area contributed by atoms with E-state index in [9.17, 15) is 35.4 Å². The van der Waals surface area contributed by atoms with Gasteiger partial charge in [0.1, 0.15) is 18.3 Å². The standard InChI is InChI=1S/C32H54O16S2/c1-6-7-8-23-31(5)15-19(14-20(29(36)37)21(31)10-12-32(23)11-9-18(4)28(32)35)40-30-27(42-24(34)13-17(2)3)26(44-50-48-46-39)25(22(16-33)41-30)43-49-47-45-38/h17-23,25-28,30,33,35,38-39H,6-16H2,1-5H3,(H,36,37)/p-2/t18?,19?,20?,21?,22-,23?,25+,26-,27?,28-,30+,31?,32?/m0/s1. The highest BCUT2D eigenvalue weighted by Gasteiger charge is 2.64. The predicted octanol–water partition coefficient (Wildman–Crippen LogP) is 2.89. The van der Waals surface area contributed by atoms with Gasteiger partial charge in [0, 0.05) is 6.42 Å². The lowest BCUT2D eigenvalue weighted by atomic mass is 9.43. The fourth-order valence-electron chi connectivity index (χ4n) is 9.60. The van der Waals surface area contributed by atoms with Gasteiger partial charge in [-0.3, -0.25) is 28.0 Å². The summed E-state index contributed by atoms with van der Waals surface area (Å²) in [5.74, 6) is -2.40. The van der Waals surface area contributed by atoms with Crippen molar-refractivity contribution in [2.75, 3.05) is 6.61 Å². The van der Waals surface area contributed by atoms with Gasteiger partial charge in [0.25, 0.3) is 0 Å². The average Bonchev–Trinajstić information content (AvgIpc) is 3.34. The van der Waals surface area contributed by atoms with Crippen molar-refractivity contribution in [2.45, 2.75) is 142 Å². The molecule has 3 N–H and O–H groups in total. The highest BCUT2D eigenvalue weighted by atomic mass is 32.2. The van der Waals surface area contributed by atoms with Crippen molar-refractivity contribution < 1.29 is 76.7 Å². The molecular formula is C32H52O16S2-2. The Kier molecular flexibility index (Phi) is 15.9. The monoisotopic (exact) mass is 756 g/mol. The molecule has 3 saturated carbocycles. The molecule has 1 heterocycles. The Bertz CT molecular complexity index is 1090. The third kappa shape index (κ3) is 9.26. The zero-order valence-corrected chi connectivity index (χ0v) is 30.8. The van der Waals surface area contributed by atoms with Gasteiger partial charge in [-0.15, -0.1) is 8.67 Å². The third-order valence-corrected chi connectivity index (χ3v) is 12.5. The number of aliphatic hydroxyl groups is 2. The van der Waals surface area contributed by atoms with Crippen LogP contribution in [0, 0.1) is 40.4 Å². The number of fused-ring (bicyclic) bond motifs is 1. The van der Waals surface area contributed by atoms with E-state index in [4.69, 9.17) is 22.6 Å². The summed E-state index contributed by atoms with van der Waals surface area (Å²) in [5.41, 5.74) is -0.858. The number of unbranched alkanes of at least 4 members (excludes halogenated alkanes) is 1. The van der Waals surface area contributed by atoms with Gasteiger partial charge in [-0.05, 0) is 79.4 Å². The number of carbonyl (C=O) groups excluding carboxylic acids is 1. The fraction of sp³-hybridized carbons (Fsp3) is 0.938. The first-order chi connectivity index (χ1) is 23.9. The molecular weight excluding hydrogens is 704 g/mol. The van der Waals surface area contributed by atoms with Crippen LogP contribution in [0.4, 0.5) is 0 Å². The minimum absolute atomic E-state index is 0.00625. The number of esters is 1. The Hall–Kier alpha value is -0.840. The highest BCUT2D eigenvalue weighted by Crippen LogP contribution is 2.67. The Labute approximate surface area is 301 Å². The van der Waals surface area contributed by atoms with Gasteiger partial charge in [-0.1, -0.05) is 47.5 Å². The first kappa shape index (κ1) is 41.9. The van der Waals surface area contributed by atoms with E-state index in [-0.39, 0.29) is 66.6 Å². The molecule has 0 aromatic heterocycles. The molecule has 18 heteroatoms. The molecule has 290 valence electrons. The molecule has 8 unspecified atom stereocenters. The maximum absolute atomic E-state index is 13.1. The topological polar surface area (TPSA) is 224 Å². The number of hydrogen-bond donors (Lipinski definition) is 3. The molecule has 1 aliphatic heterocycles. The molecule has 0 radical (unpaired) electrons. The van der Waals surface area contributed by atoms with Crippen LogP contribution >= 0.6 is 24.6 Å². The van der Waals surface area contributed by atoms with Gasteiger partial charge in [-0.25, -0.2) is 0 Å². The summed E-state index contributed by atoms with van der Waals surface area (Å²) in [7, 11) is 0. The van der Waals surface area contributed by atoms with Gasteiger partial charge in [0.2, 0.25) is 0 Å². The normalized spacial score (nSPS) is 40.2. The lowest BCUT2D eigenvalue weighted by Gasteiger charge is -2.62. The number of carbonyl (C=O) groups is 2. The molecule has 1 saturated heterocycles. The summed E-state index contributed by atoms with van der Waals surface area (Å²) in [6.45, 7) is 9.31. The molecule has 0 bridgehead atoms. The highest BCUT2D eigenvalue weighted by molar-refractivity contribution is 7.90. The summed E-state index contributed by atoms with van der Waals surface area (Å²) >= 11 is 0.208. The zero-order chi connectivity index (χ0) is 36.6. The van der Waals surface area contributed by atoms with Crippen LogP contribution in [0.25, 0.3) is 0 Å². The summed E-state index contributed by atoms with van der Waals surface area (Å²) in [5, 5.41) is 60.3. The second kappa shape index (κ2) is 19.0. The molecule has 16 nitrogen and oxygen atoms in total. The van der Waals surface area contributed by atoms with E-state index >= 15 is 0 Å². The zero-order valence-electron chi connectivity index (χ0n) is 29.2. The van der Waals surface area contributed by atoms with Crippen molar-refractivity contribution in [3.63, 3.8) is 0 Å². The van der Waals surface area contributed by atoms with Crippen molar-refractivity contribution in [3.8, 4) is 0 Å². The number of aliphatic carboxylic acids is 1. The van der Waals surface area contributed by atoms with Crippen molar-refractivity contribution in [1.82, 2.24) is 0 Å². The number of carboxylic acids is 1. The Morgan fingerprint density at radius 2 is 1.70 bits per heavy atom. The van der Waals surface area contributed by atoms with E-state index < -0.39 is 72.8 Å². The summed E-state index contributed by atoms with van der Waals surface area (Å²) in [6.07, 6.45) is -1.38. The maximum Gasteiger partial charge on any atom is 0.306 e. The molecule has 3 aliphatic carbocycles. The molecule has 50 heavy (non-hydrogen) atoms. The molecule has 13 atom stereocenters. The molecule has 0 aromatic carbocycles. The molecule has 0 amide bonds. The van der Waals surface area contributed by atoms with Crippen LogP contribution in [0.5, 0.6) is 0 Å². The van der Waals surface area contributed by atoms with E-state index in [1.54, 1.807) is 0 Å². The second-order valence-electron chi connectivity index (χ2n) is 15.0. The lowest BCUT2D eigenvalue weighted by Crippen LogP contribution is -2.63. The molecule has 4 rings (SSSR count). The van der Waals surface area contributed by atoms with E-state index in [2.05, 4.69) is 39.5 Å². The molecule has 4 fully saturated rings. The Morgan fingerprint density at radius 3 is 2.26 bits per heavy atom. The van der Waals surface area contributed by atoms with Gasteiger partial charge >= 0.3 is 11.9 Å². The first-order valence-electron chi connectivity index (χ1n) is 17.5. The largest absolute Gasteiger partial charge is 0.691 e. The number of ether oxygens (including phenoxy) is 3. The Balaban J connectivity index is 1.70. The summed E-state index contributed by atoms with van der Waals surface area (Å²) in [4.78, 5) is 26.0. The first-order valence-corrected chi connectivity index (χ1v) is 18.8. The van der Waals surface area contributed by atoms with E-state index in [1.165, 1.54) is 0 Å². The van der Waals surface area contributed by atoms with Crippen molar-refractivity contribution in [2.24, 2.45) is 40.4 Å². The van der Waals surface area contributed by atoms with Crippen LogP contribution in [0.15, 0.2) is 0 Å². The van der Waals surface area contributed by atoms with Crippen LogP contribution in [-0.2, 0) is 50.9 Å². The minimum Gasteiger partial charge on any atom is -0.691 e. The predicted molar refractivity (Wildman–Crippen MR) is 170 cm³/mol. The van der Waals surface area contributed by atoms with Gasteiger partial charge in [0.15, 0.2) is 37.0 Å². The maximum atomic E-state index is 13.1. The number of rotatable bonds is 18. The van der Waals surface area contributed by atoms with Gasteiger partial charge in [-0.2, -0.15) is 0 Å². The average molecular weight is 757 g/mol.